The van der Waals surface area contributed by atoms with Crippen LogP contribution in [0.1, 0.15) is 30.3 Å². The molecule has 3 rings (SSSR count). The summed E-state index contributed by atoms with van der Waals surface area (Å²) in [6, 6.07) is 2.72. The standard InChI is InChI=1S/C13H12F3N5O2/c14-13(15,16)8-1-4-10(11(5-8)21(22)23)17-6-12-19-18-7-20(12)9-2-3-9/h1,4-5,7,9,17H,2-3,6H2. The number of halogens is 3. The number of alkyl halides is 3. The summed E-state index contributed by atoms with van der Waals surface area (Å²) in [5.74, 6) is 0.585. The fourth-order valence-electron chi connectivity index (χ4n) is 2.23. The fraction of sp³-hybridized carbons (Fsp3) is 0.385. The largest absolute Gasteiger partial charge is 0.416 e. The number of anilines is 1. The lowest BCUT2D eigenvalue weighted by atomic mass is 10.1. The van der Waals surface area contributed by atoms with Gasteiger partial charge < -0.3 is 9.88 Å². The van der Waals surface area contributed by atoms with E-state index in [1.54, 1.807) is 6.33 Å². The van der Waals surface area contributed by atoms with Gasteiger partial charge in [0.15, 0.2) is 5.82 Å². The highest BCUT2D eigenvalue weighted by Crippen LogP contribution is 2.36. The average Bonchev–Trinajstić information content (AvgIpc) is 3.22. The third-order valence-electron chi connectivity index (χ3n) is 3.55. The van der Waals surface area contributed by atoms with Crippen LogP contribution in [0.2, 0.25) is 0 Å². The van der Waals surface area contributed by atoms with Crippen molar-refractivity contribution in [1.29, 1.82) is 0 Å². The molecule has 0 saturated heterocycles. The summed E-state index contributed by atoms with van der Waals surface area (Å²) in [4.78, 5) is 10.2. The number of nitro benzene ring substituents is 1. The Morgan fingerprint density at radius 1 is 1.39 bits per heavy atom. The zero-order valence-corrected chi connectivity index (χ0v) is 11.7. The molecule has 7 nitrogen and oxygen atoms in total. The van der Waals surface area contributed by atoms with E-state index in [0.29, 0.717) is 17.9 Å². The third kappa shape index (κ3) is 3.25. The molecular weight excluding hydrogens is 315 g/mol. The smallest absolute Gasteiger partial charge is 0.372 e. The molecule has 2 aromatic rings. The van der Waals surface area contributed by atoms with Crippen LogP contribution in [-0.4, -0.2) is 19.7 Å². The first-order chi connectivity index (χ1) is 10.9. The molecule has 122 valence electrons. The molecule has 0 aliphatic heterocycles. The summed E-state index contributed by atoms with van der Waals surface area (Å²) in [6.45, 7) is 0.142. The number of rotatable bonds is 5. The van der Waals surface area contributed by atoms with E-state index in [-0.39, 0.29) is 12.2 Å². The van der Waals surface area contributed by atoms with Crippen LogP contribution in [0.5, 0.6) is 0 Å². The molecule has 1 fully saturated rings. The Hall–Kier alpha value is -2.65. The highest BCUT2D eigenvalue weighted by Gasteiger charge is 2.33. The predicted octanol–water partition coefficient (Wildman–Crippen LogP) is 3.15. The molecule has 1 aliphatic rings. The van der Waals surface area contributed by atoms with Gasteiger partial charge in [0.1, 0.15) is 12.0 Å². The second-order valence-corrected chi connectivity index (χ2v) is 5.23. The SMILES string of the molecule is O=[N+]([O-])c1cc(C(F)(F)F)ccc1NCc1nncn1C1CC1. The highest BCUT2D eigenvalue weighted by molar-refractivity contribution is 5.62. The lowest BCUT2D eigenvalue weighted by Crippen LogP contribution is -2.10. The minimum atomic E-state index is -4.63. The molecule has 0 bridgehead atoms. The molecule has 1 aliphatic carbocycles. The number of nitrogens with zero attached hydrogens (tertiary/aromatic N) is 4. The Labute approximate surface area is 128 Å². The van der Waals surface area contributed by atoms with Gasteiger partial charge >= 0.3 is 6.18 Å². The van der Waals surface area contributed by atoms with Crippen LogP contribution in [0.3, 0.4) is 0 Å². The maximum absolute atomic E-state index is 12.7. The summed E-state index contributed by atoms with van der Waals surface area (Å²) in [5, 5.41) is 21.5. The van der Waals surface area contributed by atoms with E-state index in [1.807, 2.05) is 4.57 Å². The molecule has 1 aromatic carbocycles. The van der Waals surface area contributed by atoms with Crippen LogP contribution < -0.4 is 5.32 Å². The normalized spacial score (nSPS) is 14.7. The predicted molar refractivity (Wildman–Crippen MR) is 73.7 cm³/mol. The van der Waals surface area contributed by atoms with Crippen molar-refractivity contribution in [3.63, 3.8) is 0 Å². The monoisotopic (exact) mass is 327 g/mol. The van der Waals surface area contributed by atoms with Crippen LogP contribution in [0.4, 0.5) is 24.5 Å². The van der Waals surface area contributed by atoms with Gasteiger partial charge in [0.05, 0.1) is 17.0 Å². The van der Waals surface area contributed by atoms with Crippen molar-refractivity contribution in [1.82, 2.24) is 14.8 Å². The molecule has 0 atom stereocenters. The van der Waals surface area contributed by atoms with E-state index in [0.717, 1.165) is 25.0 Å². The molecular formula is C13H12F3N5O2. The summed E-state index contributed by atoms with van der Waals surface area (Å²) < 4.78 is 39.8. The fourth-order valence-corrected chi connectivity index (χ4v) is 2.23. The molecule has 1 saturated carbocycles. The number of nitrogens with one attached hydrogen (secondary N) is 1. The molecule has 0 amide bonds. The van der Waals surface area contributed by atoms with Gasteiger partial charge in [-0.2, -0.15) is 13.2 Å². The third-order valence-corrected chi connectivity index (χ3v) is 3.55. The van der Waals surface area contributed by atoms with Gasteiger partial charge in [0, 0.05) is 12.1 Å². The van der Waals surface area contributed by atoms with Gasteiger partial charge in [-0.3, -0.25) is 10.1 Å². The first-order valence-corrected chi connectivity index (χ1v) is 6.84. The average molecular weight is 327 g/mol. The van der Waals surface area contributed by atoms with E-state index in [1.165, 1.54) is 0 Å². The van der Waals surface area contributed by atoms with E-state index in [9.17, 15) is 23.3 Å². The quantitative estimate of drug-likeness (QED) is 0.673. The van der Waals surface area contributed by atoms with Crippen molar-refractivity contribution in [2.45, 2.75) is 31.6 Å². The molecule has 0 unspecified atom stereocenters. The minimum Gasteiger partial charge on any atom is -0.372 e. The lowest BCUT2D eigenvalue weighted by Gasteiger charge is -2.11. The van der Waals surface area contributed by atoms with Crippen LogP contribution in [0.15, 0.2) is 24.5 Å². The number of aromatic nitrogens is 3. The molecule has 1 heterocycles. The summed E-state index contributed by atoms with van der Waals surface area (Å²) in [6.07, 6.45) is -1.01. The van der Waals surface area contributed by atoms with Crippen molar-refractivity contribution in [3.05, 3.63) is 46.0 Å². The Bertz CT molecular complexity index is 739. The van der Waals surface area contributed by atoms with E-state index < -0.39 is 22.4 Å². The highest BCUT2D eigenvalue weighted by atomic mass is 19.4. The lowest BCUT2D eigenvalue weighted by molar-refractivity contribution is -0.384. The van der Waals surface area contributed by atoms with Gasteiger partial charge in [-0.25, -0.2) is 0 Å². The van der Waals surface area contributed by atoms with Gasteiger partial charge in [-0.1, -0.05) is 0 Å². The van der Waals surface area contributed by atoms with Crippen LogP contribution in [-0.2, 0) is 12.7 Å². The summed E-state index contributed by atoms with van der Waals surface area (Å²) >= 11 is 0. The Kier molecular flexibility index (Phi) is 3.66. The second kappa shape index (κ2) is 5.52. The van der Waals surface area contributed by atoms with E-state index >= 15 is 0 Å². The number of hydrogen-bond donors (Lipinski definition) is 1. The molecule has 0 radical (unpaired) electrons. The molecule has 1 N–H and O–H groups in total. The Balaban J connectivity index is 1.81. The van der Waals surface area contributed by atoms with Gasteiger partial charge in [-0.15, -0.1) is 10.2 Å². The maximum Gasteiger partial charge on any atom is 0.416 e. The van der Waals surface area contributed by atoms with Gasteiger partial charge in [0.2, 0.25) is 0 Å². The zero-order valence-electron chi connectivity index (χ0n) is 11.7. The zero-order chi connectivity index (χ0) is 16.6. The van der Waals surface area contributed by atoms with Gasteiger partial charge in [-0.05, 0) is 25.0 Å². The summed E-state index contributed by atoms with van der Waals surface area (Å²) in [5.41, 5.74) is -1.68. The van der Waals surface area contributed by atoms with Crippen molar-refractivity contribution >= 4 is 11.4 Å². The van der Waals surface area contributed by atoms with Crippen molar-refractivity contribution in [2.75, 3.05) is 5.32 Å². The Morgan fingerprint density at radius 2 is 2.13 bits per heavy atom. The Morgan fingerprint density at radius 3 is 2.74 bits per heavy atom. The number of hydrogen-bond acceptors (Lipinski definition) is 5. The number of benzene rings is 1. The van der Waals surface area contributed by atoms with Crippen LogP contribution in [0, 0.1) is 10.1 Å². The number of nitro groups is 1. The van der Waals surface area contributed by atoms with Crippen molar-refractivity contribution in [2.24, 2.45) is 0 Å². The van der Waals surface area contributed by atoms with Gasteiger partial charge in [0.25, 0.3) is 5.69 Å². The van der Waals surface area contributed by atoms with E-state index in [4.69, 9.17) is 0 Å². The topological polar surface area (TPSA) is 85.9 Å². The van der Waals surface area contributed by atoms with Crippen LogP contribution in [0.25, 0.3) is 0 Å². The molecule has 1 aromatic heterocycles. The van der Waals surface area contributed by atoms with Crippen LogP contribution >= 0.6 is 0 Å². The van der Waals surface area contributed by atoms with Crippen molar-refractivity contribution in [3.8, 4) is 0 Å². The van der Waals surface area contributed by atoms with E-state index in [2.05, 4.69) is 15.5 Å². The molecule has 10 heteroatoms. The first-order valence-electron chi connectivity index (χ1n) is 6.84. The van der Waals surface area contributed by atoms with Crippen molar-refractivity contribution < 1.29 is 18.1 Å². The minimum absolute atomic E-state index is 0.00773. The molecule has 0 spiro atoms. The second-order valence-electron chi connectivity index (χ2n) is 5.23. The summed E-state index contributed by atoms with van der Waals surface area (Å²) in [7, 11) is 0. The molecule has 23 heavy (non-hydrogen) atoms. The first kappa shape index (κ1) is 15.3. The maximum atomic E-state index is 12.7.